The Morgan fingerprint density at radius 3 is 1.40 bits per heavy atom. The minimum absolute atomic E-state index is 1.38. The van der Waals surface area contributed by atoms with Gasteiger partial charge in [0.25, 0.3) is 0 Å². The molecular weight excluding hydrogens is 152 g/mol. The van der Waals surface area contributed by atoms with Crippen LogP contribution in [-0.2, 0) is 4.74 Å². The second-order valence-corrected chi connectivity index (χ2v) is 0.923. The lowest BCUT2D eigenvalue weighted by molar-refractivity contribution is 0.308. The van der Waals surface area contributed by atoms with E-state index in [4.69, 9.17) is 0 Å². The van der Waals surface area contributed by atoms with Crippen LogP contribution in [0.3, 0.4) is 0 Å². The van der Waals surface area contributed by atoms with E-state index in [0.29, 0.717) is 0 Å². The number of halogens is 4. The lowest BCUT2D eigenvalue weighted by Gasteiger charge is -1.73. The van der Waals surface area contributed by atoms with Crippen LogP contribution in [-0.4, -0.2) is 7.11 Å². The minimum Gasteiger partial charge on any atom is -0.505 e. The van der Waals surface area contributed by atoms with E-state index in [0.717, 1.165) is 0 Å². The summed E-state index contributed by atoms with van der Waals surface area (Å²) in [6, 6.07) is 0. The first-order valence-electron chi connectivity index (χ1n) is 2.06. The molecule has 0 aromatic carbocycles. The number of methoxy groups -OCH3 is 1. The van der Waals surface area contributed by atoms with Crippen LogP contribution in [0.2, 0.25) is 0 Å². The molecule has 0 amide bonds. The highest BCUT2D eigenvalue weighted by Crippen LogP contribution is 2.08. The van der Waals surface area contributed by atoms with Crippen LogP contribution in [0, 0.1) is 0 Å². The zero-order valence-electron chi connectivity index (χ0n) is 5.20. The topological polar surface area (TPSA) is 9.23 Å². The maximum absolute atomic E-state index is 10.3. The van der Waals surface area contributed by atoms with Crippen LogP contribution in [0.4, 0.5) is 17.6 Å². The summed E-state index contributed by atoms with van der Waals surface area (Å²) in [6.45, 7) is 3.26. The Morgan fingerprint density at radius 1 is 1.20 bits per heavy atom. The van der Waals surface area contributed by atoms with E-state index >= 15 is 0 Å². The van der Waals surface area contributed by atoms with Crippen LogP contribution in [0.5, 0.6) is 0 Å². The van der Waals surface area contributed by atoms with Crippen LogP contribution >= 0.6 is 0 Å². The van der Waals surface area contributed by atoms with Crippen LogP contribution in [0.25, 0.3) is 0 Å². The predicted octanol–water partition coefficient (Wildman–Crippen LogP) is 2.77. The van der Waals surface area contributed by atoms with Crippen molar-refractivity contribution in [2.24, 2.45) is 0 Å². The summed E-state index contributed by atoms with van der Waals surface area (Å²) in [7, 11) is 1.56. The van der Waals surface area contributed by atoms with E-state index in [-0.39, 0.29) is 0 Å². The van der Waals surface area contributed by atoms with Crippen LogP contribution in [0.1, 0.15) is 0 Å². The molecule has 0 aromatic rings. The molecule has 0 aliphatic heterocycles. The van der Waals surface area contributed by atoms with Gasteiger partial charge in [-0.05, 0) is 0 Å². The highest BCUT2D eigenvalue weighted by molar-refractivity contribution is 4.77. The first-order chi connectivity index (χ1) is 4.56. The van der Waals surface area contributed by atoms with Crippen molar-refractivity contribution in [3.63, 3.8) is 0 Å². The van der Waals surface area contributed by atoms with Crippen molar-refractivity contribution in [2.75, 3.05) is 7.11 Å². The molecule has 0 saturated carbocycles. The summed E-state index contributed by atoms with van der Waals surface area (Å²) >= 11 is 0. The van der Waals surface area contributed by atoms with Crippen molar-refractivity contribution in [2.45, 2.75) is 0 Å². The summed E-state index contributed by atoms with van der Waals surface area (Å²) in [4.78, 5) is 0. The zero-order chi connectivity index (χ0) is 8.57. The molecule has 0 heterocycles. The molecule has 60 valence electrons. The van der Waals surface area contributed by atoms with Crippen LogP contribution in [0.15, 0.2) is 25.0 Å². The van der Waals surface area contributed by atoms with Gasteiger partial charge in [0.05, 0.1) is 13.4 Å². The van der Waals surface area contributed by atoms with Gasteiger partial charge in [0.2, 0.25) is 0 Å². The second kappa shape index (κ2) is 8.00. The first kappa shape index (κ1) is 11.8. The molecular formula is C5H6F4O. The quantitative estimate of drug-likeness (QED) is 0.421. The van der Waals surface area contributed by atoms with Gasteiger partial charge in [-0.1, -0.05) is 6.58 Å². The van der Waals surface area contributed by atoms with E-state index in [1.165, 1.54) is 6.26 Å². The van der Waals surface area contributed by atoms with Gasteiger partial charge in [-0.2, -0.15) is 17.6 Å². The van der Waals surface area contributed by atoms with Gasteiger partial charge in [0, 0.05) is 0 Å². The third-order valence-electron chi connectivity index (χ3n) is 0.310. The highest BCUT2D eigenvalue weighted by Gasteiger charge is 1.98. The summed E-state index contributed by atoms with van der Waals surface area (Å²) in [5.74, 6) is 0. The Balaban J connectivity index is 0. The Hall–Kier alpha value is -1.00. The van der Waals surface area contributed by atoms with Crippen LogP contribution < -0.4 is 0 Å². The first-order valence-corrected chi connectivity index (χ1v) is 2.06. The van der Waals surface area contributed by atoms with Gasteiger partial charge in [0.1, 0.15) is 0 Å². The summed E-state index contributed by atoms with van der Waals surface area (Å²) in [5, 5.41) is 0. The minimum atomic E-state index is -2.91. The third-order valence-corrected chi connectivity index (χ3v) is 0.310. The summed E-state index contributed by atoms with van der Waals surface area (Å²) < 4.78 is 45.5. The van der Waals surface area contributed by atoms with Gasteiger partial charge in [-0.25, -0.2) is 0 Å². The normalized spacial score (nSPS) is 6.90. The van der Waals surface area contributed by atoms with Crippen molar-refractivity contribution in [3.8, 4) is 0 Å². The monoisotopic (exact) mass is 158 g/mol. The molecule has 0 radical (unpaired) electrons. The summed E-state index contributed by atoms with van der Waals surface area (Å²) in [6.07, 6.45) is -4.44. The standard InChI is InChI=1S/C3H6O.C2F4/c1-3-4-2;3-1(4)2(5)6/h3H,1H2,2H3;. The van der Waals surface area contributed by atoms with E-state index in [1.807, 2.05) is 0 Å². The molecule has 1 nitrogen and oxygen atoms in total. The SMILES string of the molecule is C=COC.FC(F)=C(F)F. The average molecular weight is 158 g/mol. The Morgan fingerprint density at radius 2 is 1.40 bits per heavy atom. The van der Waals surface area contributed by atoms with Crippen molar-refractivity contribution < 1.29 is 22.3 Å². The Kier molecular flexibility index (Phi) is 9.40. The lowest BCUT2D eigenvalue weighted by Crippen LogP contribution is -1.56. The molecule has 0 saturated heterocycles. The molecule has 0 atom stereocenters. The smallest absolute Gasteiger partial charge is 0.334 e. The fourth-order valence-corrected chi connectivity index (χ4v) is 0. The number of ether oxygens (including phenoxy) is 1. The average Bonchev–Trinajstić information content (AvgIpc) is 1.89. The van der Waals surface area contributed by atoms with E-state index in [2.05, 4.69) is 11.3 Å². The molecule has 0 bridgehead atoms. The van der Waals surface area contributed by atoms with Crippen molar-refractivity contribution in [1.82, 2.24) is 0 Å². The summed E-state index contributed by atoms with van der Waals surface area (Å²) in [5.41, 5.74) is 0. The fraction of sp³-hybridized carbons (Fsp3) is 0.200. The predicted molar refractivity (Wildman–Crippen MR) is 28.7 cm³/mol. The molecule has 0 fully saturated rings. The molecule has 0 unspecified atom stereocenters. The zero-order valence-corrected chi connectivity index (χ0v) is 5.20. The number of hydrogen-bond donors (Lipinski definition) is 0. The molecule has 0 N–H and O–H groups in total. The van der Waals surface area contributed by atoms with Gasteiger partial charge in [-0.15, -0.1) is 0 Å². The lowest BCUT2D eigenvalue weighted by atomic mass is 11.1. The molecule has 0 rings (SSSR count). The van der Waals surface area contributed by atoms with E-state index in [9.17, 15) is 17.6 Å². The fourth-order valence-electron chi connectivity index (χ4n) is 0. The molecule has 0 aliphatic carbocycles. The molecule has 0 aliphatic rings. The van der Waals surface area contributed by atoms with Crippen molar-refractivity contribution in [3.05, 3.63) is 25.0 Å². The number of rotatable bonds is 1. The molecule has 5 heteroatoms. The molecule has 0 aromatic heterocycles. The Bertz CT molecular complexity index is 103. The van der Waals surface area contributed by atoms with E-state index < -0.39 is 12.2 Å². The van der Waals surface area contributed by atoms with E-state index in [1.54, 1.807) is 7.11 Å². The van der Waals surface area contributed by atoms with Crippen molar-refractivity contribution in [1.29, 1.82) is 0 Å². The highest BCUT2D eigenvalue weighted by atomic mass is 19.3. The maximum atomic E-state index is 10.3. The second-order valence-electron chi connectivity index (χ2n) is 0.923. The Labute approximate surface area is 55.6 Å². The third kappa shape index (κ3) is 15.8. The molecule has 0 spiro atoms. The van der Waals surface area contributed by atoms with Crippen molar-refractivity contribution >= 4 is 0 Å². The maximum Gasteiger partial charge on any atom is 0.334 e. The largest absolute Gasteiger partial charge is 0.505 e. The van der Waals surface area contributed by atoms with Gasteiger partial charge in [-0.3, -0.25) is 0 Å². The van der Waals surface area contributed by atoms with Gasteiger partial charge >= 0.3 is 12.2 Å². The number of hydrogen-bond acceptors (Lipinski definition) is 1. The van der Waals surface area contributed by atoms with Gasteiger partial charge in [0.15, 0.2) is 0 Å². The van der Waals surface area contributed by atoms with Gasteiger partial charge < -0.3 is 4.74 Å². The molecule has 10 heavy (non-hydrogen) atoms.